The van der Waals surface area contributed by atoms with Crippen molar-refractivity contribution in [2.24, 2.45) is 17.6 Å². The molecule has 39 heavy (non-hydrogen) atoms. The second-order valence-electron chi connectivity index (χ2n) is 11.8. The van der Waals surface area contributed by atoms with E-state index < -0.39 is 18.1 Å². The van der Waals surface area contributed by atoms with E-state index in [1.54, 1.807) is 21.9 Å². The predicted octanol–water partition coefficient (Wildman–Crippen LogP) is 1.42. The number of amides is 3. The average Bonchev–Trinajstić information content (AvgIpc) is 3.48. The van der Waals surface area contributed by atoms with Crippen LogP contribution < -0.4 is 16.0 Å². The van der Waals surface area contributed by atoms with Crippen LogP contribution in [0.5, 0.6) is 0 Å². The Balaban J connectivity index is 1.44. The van der Waals surface area contributed by atoms with Gasteiger partial charge in [0.2, 0.25) is 11.8 Å². The third-order valence-corrected chi connectivity index (χ3v) is 7.85. The van der Waals surface area contributed by atoms with Gasteiger partial charge < -0.3 is 30.5 Å². The highest BCUT2D eigenvalue weighted by Gasteiger charge is 2.52. The van der Waals surface area contributed by atoms with Crippen molar-refractivity contribution >= 4 is 29.2 Å². The zero-order chi connectivity index (χ0) is 28.3. The van der Waals surface area contributed by atoms with Crippen molar-refractivity contribution in [1.29, 1.82) is 0 Å². The molecule has 214 valence electrons. The minimum Gasteiger partial charge on any atom is -0.378 e. The molecular weight excluding hydrogens is 498 g/mol. The van der Waals surface area contributed by atoms with E-state index in [0.29, 0.717) is 44.6 Å². The van der Waals surface area contributed by atoms with E-state index in [1.165, 1.54) is 0 Å². The molecule has 3 fully saturated rings. The second kappa shape index (κ2) is 12.5. The van der Waals surface area contributed by atoms with Gasteiger partial charge in [0.15, 0.2) is 5.78 Å². The Labute approximate surface area is 231 Å². The Morgan fingerprint density at radius 3 is 2.21 bits per heavy atom. The molecule has 3 aliphatic rings. The molecule has 0 spiro atoms. The smallest absolute Gasteiger partial charge is 0.251 e. The van der Waals surface area contributed by atoms with E-state index in [-0.39, 0.29) is 47.9 Å². The second-order valence-corrected chi connectivity index (χ2v) is 11.8. The van der Waals surface area contributed by atoms with Gasteiger partial charge in [-0.05, 0) is 55.4 Å². The van der Waals surface area contributed by atoms with Gasteiger partial charge in [0.05, 0.1) is 31.8 Å². The van der Waals surface area contributed by atoms with Crippen LogP contribution in [-0.4, -0.2) is 96.9 Å². The van der Waals surface area contributed by atoms with E-state index in [9.17, 15) is 19.2 Å². The number of fused-ring (bicyclic) bond motifs is 1. The largest absolute Gasteiger partial charge is 0.378 e. The summed E-state index contributed by atoms with van der Waals surface area (Å²) in [4.78, 5) is 58.4. The number of carbonyl (C=O) groups excluding carboxylic acids is 4. The first-order chi connectivity index (χ1) is 18.6. The number of likely N-dealkylation sites (tertiary alicyclic amines) is 2. The average molecular weight is 542 g/mol. The molecule has 1 aromatic carbocycles. The van der Waals surface area contributed by atoms with Crippen molar-refractivity contribution in [3.63, 3.8) is 0 Å². The Bertz CT molecular complexity index is 1050. The number of benzene rings is 1. The molecule has 10 heteroatoms. The summed E-state index contributed by atoms with van der Waals surface area (Å²) in [5.74, 6) is -0.574. The normalized spacial score (nSPS) is 22.8. The summed E-state index contributed by atoms with van der Waals surface area (Å²) >= 11 is 0. The highest BCUT2D eigenvalue weighted by molar-refractivity contribution is 6.01. The number of rotatable bonds is 9. The quantitative estimate of drug-likeness (QED) is 0.484. The van der Waals surface area contributed by atoms with Crippen molar-refractivity contribution in [2.45, 2.75) is 71.1 Å². The molecule has 3 N–H and O–H groups in total. The molecule has 0 aliphatic carbocycles. The lowest BCUT2D eigenvalue weighted by Gasteiger charge is -2.30. The molecule has 3 heterocycles. The summed E-state index contributed by atoms with van der Waals surface area (Å²) < 4.78 is 5.41. The highest BCUT2D eigenvalue weighted by atomic mass is 16.5. The number of hydrogen-bond acceptors (Lipinski definition) is 7. The number of nitrogens with two attached hydrogens (primary N) is 1. The van der Waals surface area contributed by atoms with Crippen molar-refractivity contribution in [2.75, 3.05) is 44.3 Å². The highest BCUT2D eigenvalue weighted by Crippen LogP contribution is 2.31. The van der Waals surface area contributed by atoms with Gasteiger partial charge in [-0.25, -0.2) is 0 Å². The Morgan fingerprint density at radius 1 is 0.949 bits per heavy atom. The molecule has 1 aromatic rings. The molecule has 4 unspecified atom stereocenters. The number of hydrogen-bond donors (Lipinski definition) is 2. The van der Waals surface area contributed by atoms with Crippen LogP contribution in [0.2, 0.25) is 0 Å². The van der Waals surface area contributed by atoms with Crippen LogP contribution in [0.15, 0.2) is 24.3 Å². The predicted molar refractivity (Wildman–Crippen MR) is 148 cm³/mol. The minimum absolute atomic E-state index is 0.0273. The lowest BCUT2D eigenvalue weighted by molar-refractivity contribution is -0.138. The maximum absolute atomic E-state index is 13.8. The zero-order valence-corrected chi connectivity index (χ0v) is 23.6. The number of carbonyl (C=O) groups is 4. The zero-order valence-electron chi connectivity index (χ0n) is 23.6. The van der Waals surface area contributed by atoms with Gasteiger partial charge in [-0.1, -0.05) is 27.7 Å². The molecular formula is C29H43N5O5. The number of ether oxygens (including phenoxy) is 1. The van der Waals surface area contributed by atoms with Gasteiger partial charge in [0, 0.05) is 30.9 Å². The summed E-state index contributed by atoms with van der Waals surface area (Å²) in [6.45, 7) is 11.3. The lowest BCUT2D eigenvalue weighted by Crippen LogP contribution is -2.53. The van der Waals surface area contributed by atoms with Gasteiger partial charge in [-0.2, -0.15) is 0 Å². The van der Waals surface area contributed by atoms with Gasteiger partial charge in [0.1, 0.15) is 12.1 Å². The molecule has 10 nitrogen and oxygen atoms in total. The topological polar surface area (TPSA) is 125 Å². The monoisotopic (exact) mass is 541 g/mol. The van der Waals surface area contributed by atoms with Crippen LogP contribution in [0.3, 0.4) is 0 Å². The van der Waals surface area contributed by atoms with Crippen LogP contribution in [-0.2, 0) is 19.1 Å². The molecule has 4 atom stereocenters. The standard InChI is InChI=1S/C29H43N5O5/c1-18(2)15-22(30)28(37)34-17-25(35)26-24(34)9-10-33(26)29(38)23(16-19(3)4)31-27(36)20-5-7-21(8-6-20)32-11-13-39-14-12-32/h5-8,18-19,22-24,26H,9-17,30H2,1-4H3,(H,31,36). The van der Waals surface area contributed by atoms with Crippen molar-refractivity contribution < 1.29 is 23.9 Å². The molecule has 3 aliphatic heterocycles. The number of nitrogens with zero attached hydrogens (tertiary/aromatic N) is 3. The molecule has 3 amide bonds. The van der Waals surface area contributed by atoms with E-state index in [0.717, 1.165) is 18.8 Å². The Hall–Kier alpha value is -2.98. The molecule has 0 radical (unpaired) electrons. The summed E-state index contributed by atoms with van der Waals surface area (Å²) in [5, 5.41) is 2.93. The SMILES string of the molecule is CC(C)CC(N)C(=O)N1CC(=O)C2C1CCN2C(=O)C(CC(C)C)NC(=O)c1ccc(N2CCOCC2)cc1. The van der Waals surface area contributed by atoms with Crippen molar-refractivity contribution in [3.05, 3.63) is 29.8 Å². The van der Waals surface area contributed by atoms with E-state index >= 15 is 0 Å². The van der Waals surface area contributed by atoms with Crippen LogP contribution in [0.25, 0.3) is 0 Å². The molecule has 3 saturated heterocycles. The first-order valence-electron chi connectivity index (χ1n) is 14.2. The fourth-order valence-corrected chi connectivity index (χ4v) is 5.96. The van der Waals surface area contributed by atoms with E-state index in [4.69, 9.17) is 10.5 Å². The molecule has 0 saturated carbocycles. The van der Waals surface area contributed by atoms with Gasteiger partial charge in [-0.3, -0.25) is 19.2 Å². The van der Waals surface area contributed by atoms with Crippen LogP contribution in [0, 0.1) is 11.8 Å². The summed E-state index contributed by atoms with van der Waals surface area (Å²) in [7, 11) is 0. The number of nitrogens with one attached hydrogen (secondary N) is 1. The van der Waals surface area contributed by atoms with Crippen molar-refractivity contribution in [3.8, 4) is 0 Å². The van der Waals surface area contributed by atoms with Gasteiger partial charge in [-0.15, -0.1) is 0 Å². The number of anilines is 1. The fourth-order valence-electron chi connectivity index (χ4n) is 5.96. The van der Waals surface area contributed by atoms with Crippen LogP contribution in [0.1, 0.15) is 57.3 Å². The maximum atomic E-state index is 13.8. The van der Waals surface area contributed by atoms with E-state index in [1.807, 2.05) is 39.8 Å². The minimum atomic E-state index is -0.768. The van der Waals surface area contributed by atoms with Crippen LogP contribution in [0.4, 0.5) is 5.69 Å². The van der Waals surface area contributed by atoms with Gasteiger partial charge >= 0.3 is 0 Å². The third-order valence-electron chi connectivity index (χ3n) is 7.85. The molecule has 0 aromatic heterocycles. The first kappa shape index (κ1) is 29.0. The Kier molecular flexibility index (Phi) is 9.27. The fraction of sp³-hybridized carbons (Fsp3) is 0.655. The Morgan fingerprint density at radius 2 is 1.59 bits per heavy atom. The maximum Gasteiger partial charge on any atom is 0.251 e. The molecule has 0 bridgehead atoms. The third kappa shape index (κ3) is 6.61. The van der Waals surface area contributed by atoms with Gasteiger partial charge in [0.25, 0.3) is 5.91 Å². The van der Waals surface area contributed by atoms with Crippen LogP contribution >= 0.6 is 0 Å². The van der Waals surface area contributed by atoms with Crippen molar-refractivity contribution in [1.82, 2.24) is 15.1 Å². The summed E-state index contributed by atoms with van der Waals surface area (Å²) in [6.07, 6.45) is 1.51. The molecule has 4 rings (SSSR count). The number of ketones is 1. The first-order valence-corrected chi connectivity index (χ1v) is 14.2. The summed E-state index contributed by atoms with van der Waals surface area (Å²) in [6, 6.07) is 4.89. The number of Topliss-reactive ketones (excluding diaryl/α,β-unsaturated/α-hetero) is 1. The number of morpholine rings is 1. The summed E-state index contributed by atoms with van der Waals surface area (Å²) in [5.41, 5.74) is 7.65. The lowest BCUT2D eigenvalue weighted by atomic mass is 10.0. The van der Waals surface area contributed by atoms with E-state index in [2.05, 4.69) is 10.2 Å².